The van der Waals surface area contributed by atoms with Crippen molar-refractivity contribution in [1.29, 1.82) is 0 Å². The largest absolute Gasteiger partial charge is 0.443 e. The molecule has 4 heteroatoms. The van der Waals surface area contributed by atoms with E-state index in [4.69, 9.17) is 10.2 Å². The summed E-state index contributed by atoms with van der Waals surface area (Å²) < 4.78 is 5.07. The third-order valence-electron chi connectivity index (χ3n) is 1.54. The van der Waals surface area contributed by atoms with Gasteiger partial charge < -0.3 is 10.2 Å². The van der Waals surface area contributed by atoms with Gasteiger partial charge in [-0.3, -0.25) is 0 Å². The molecule has 0 atom stereocenters. The van der Waals surface area contributed by atoms with E-state index in [0.29, 0.717) is 11.6 Å². The Bertz CT molecular complexity index is 370. The third-order valence-corrected chi connectivity index (χ3v) is 1.54. The number of hydrogen-bond donors (Lipinski definition) is 1. The molecule has 0 saturated heterocycles. The van der Waals surface area contributed by atoms with Crippen molar-refractivity contribution in [2.45, 2.75) is 0 Å². The van der Waals surface area contributed by atoms with Crippen molar-refractivity contribution in [3.8, 4) is 11.3 Å². The predicted molar refractivity (Wildman–Crippen MR) is 44.1 cm³/mol. The predicted octanol–water partition coefficient (Wildman–Crippen LogP) is 1.32. The average Bonchev–Trinajstić information content (AvgIpc) is 2.57. The van der Waals surface area contributed by atoms with Gasteiger partial charge in [-0.05, 0) is 12.1 Å². The second-order valence-electron chi connectivity index (χ2n) is 2.30. The number of oxazole rings is 1. The summed E-state index contributed by atoms with van der Waals surface area (Å²) in [5, 5.41) is 0. The number of aromatic nitrogens is 2. The lowest BCUT2D eigenvalue weighted by molar-refractivity contribution is 0.572. The number of rotatable bonds is 1. The van der Waals surface area contributed by atoms with E-state index >= 15 is 0 Å². The fourth-order valence-electron chi connectivity index (χ4n) is 0.975. The Labute approximate surface area is 69.1 Å². The first-order valence-corrected chi connectivity index (χ1v) is 3.47. The standard InChI is InChI=1S/C8H7N3O/c9-8-6(2-1-3-11-8)7-4-10-5-12-7/h1-5H,(H2,9,11). The molecule has 0 fully saturated rings. The molecule has 0 bridgehead atoms. The summed E-state index contributed by atoms with van der Waals surface area (Å²) in [5.74, 6) is 1.09. The second-order valence-corrected chi connectivity index (χ2v) is 2.30. The van der Waals surface area contributed by atoms with Gasteiger partial charge in [0, 0.05) is 6.20 Å². The molecule has 0 amide bonds. The molecule has 2 N–H and O–H groups in total. The Balaban J connectivity index is 2.55. The van der Waals surface area contributed by atoms with Crippen LogP contribution in [0.25, 0.3) is 11.3 Å². The van der Waals surface area contributed by atoms with E-state index < -0.39 is 0 Å². The molecule has 12 heavy (non-hydrogen) atoms. The van der Waals surface area contributed by atoms with E-state index in [1.807, 2.05) is 6.07 Å². The molecule has 0 aromatic carbocycles. The molecule has 0 saturated carbocycles. The molecule has 0 radical (unpaired) electrons. The number of anilines is 1. The van der Waals surface area contributed by atoms with Gasteiger partial charge in [0.25, 0.3) is 0 Å². The summed E-state index contributed by atoms with van der Waals surface area (Å²) >= 11 is 0. The molecule has 2 aromatic heterocycles. The van der Waals surface area contributed by atoms with Crippen LogP contribution in [-0.2, 0) is 0 Å². The van der Waals surface area contributed by atoms with Crippen LogP contribution in [0.1, 0.15) is 0 Å². The molecule has 2 heterocycles. The molecule has 0 aliphatic heterocycles. The monoisotopic (exact) mass is 161 g/mol. The van der Waals surface area contributed by atoms with Crippen LogP contribution in [0.2, 0.25) is 0 Å². The molecule has 0 aliphatic rings. The van der Waals surface area contributed by atoms with E-state index in [2.05, 4.69) is 9.97 Å². The van der Waals surface area contributed by atoms with E-state index in [-0.39, 0.29) is 0 Å². The van der Waals surface area contributed by atoms with Gasteiger partial charge in [-0.2, -0.15) is 0 Å². The molecular formula is C8H7N3O. The Morgan fingerprint density at radius 1 is 1.42 bits per heavy atom. The minimum Gasteiger partial charge on any atom is -0.443 e. The molecule has 0 unspecified atom stereocenters. The van der Waals surface area contributed by atoms with Gasteiger partial charge in [-0.1, -0.05) is 0 Å². The highest BCUT2D eigenvalue weighted by Gasteiger charge is 2.04. The molecular weight excluding hydrogens is 154 g/mol. The van der Waals surface area contributed by atoms with Gasteiger partial charge in [0.1, 0.15) is 5.82 Å². The molecule has 0 spiro atoms. The number of nitrogen functional groups attached to an aromatic ring is 1. The number of pyridine rings is 1. The first-order chi connectivity index (χ1) is 5.88. The summed E-state index contributed by atoms with van der Waals surface area (Å²) in [6.45, 7) is 0. The van der Waals surface area contributed by atoms with Crippen molar-refractivity contribution in [1.82, 2.24) is 9.97 Å². The summed E-state index contributed by atoms with van der Waals surface area (Å²) in [5.41, 5.74) is 6.39. The van der Waals surface area contributed by atoms with Crippen molar-refractivity contribution >= 4 is 5.82 Å². The molecule has 2 aromatic rings. The Morgan fingerprint density at radius 2 is 2.33 bits per heavy atom. The highest BCUT2D eigenvalue weighted by molar-refractivity contribution is 5.68. The molecule has 0 aliphatic carbocycles. The van der Waals surface area contributed by atoms with Crippen molar-refractivity contribution < 1.29 is 4.42 Å². The van der Waals surface area contributed by atoms with Gasteiger partial charge in [-0.25, -0.2) is 9.97 Å². The van der Waals surface area contributed by atoms with Crippen LogP contribution in [0, 0.1) is 0 Å². The minimum atomic E-state index is 0.453. The van der Waals surface area contributed by atoms with Gasteiger partial charge in [0.15, 0.2) is 12.2 Å². The quantitative estimate of drug-likeness (QED) is 0.685. The molecule has 60 valence electrons. The lowest BCUT2D eigenvalue weighted by Gasteiger charge is -1.97. The Morgan fingerprint density at radius 3 is 3.00 bits per heavy atom. The SMILES string of the molecule is Nc1ncccc1-c1cnco1. The van der Waals surface area contributed by atoms with Crippen LogP contribution in [0.3, 0.4) is 0 Å². The van der Waals surface area contributed by atoms with Crippen molar-refractivity contribution in [2.24, 2.45) is 0 Å². The average molecular weight is 161 g/mol. The van der Waals surface area contributed by atoms with Gasteiger partial charge >= 0.3 is 0 Å². The Kier molecular flexibility index (Phi) is 1.51. The fourth-order valence-corrected chi connectivity index (χ4v) is 0.975. The van der Waals surface area contributed by atoms with Crippen LogP contribution in [0.5, 0.6) is 0 Å². The summed E-state index contributed by atoms with van der Waals surface area (Å²) in [7, 11) is 0. The van der Waals surface area contributed by atoms with Crippen molar-refractivity contribution in [2.75, 3.05) is 5.73 Å². The number of hydrogen-bond acceptors (Lipinski definition) is 4. The molecule has 2 rings (SSSR count). The maximum absolute atomic E-state index is 5.61. The fraction of sp³-hybridized carbons (Fsp3) is 0. The summed E-state index contributed by atoms with van der Waals surface area (Å²) in [4.78, 5) is 7.71. The first kappa shape index (κ1) is 6.84. The lowest BCUT2D eigenvalue weighted by atomic mass is 10.2. The molecule has 4 nitrogen and oxygen atoms in total. The van der Waals surface area contributed by atoms with Crippen molar-refractivity contribution in [3.63, 3.8) is 0 Å². The zero-order chi connectivity index (χ0) is 8.39. The van der Waals surface area contributed by atoms with Crippen LogP contribution in [0.15, 0.2) is 35.3 Å². The lowest BCUT2D eigenvalue weighted by Crippen LogP contribution is -1.91. The normalized spacial score (nSPS) is 10.0. The van der Waals surface area contributed by atoms with Crippen LogP contribution in [0.4, 0.5) is 5.82 Å². The van der Waals surface area contributed by atoms with E-state index in [1.54, 1.807) is 18.5 Å². The summed E-state index contributed by atoms with van der Waals surface area (Å²) in [6.07, 6.45) is 4.60. The second kappa shape index (κ2) is 2.65. The Hall–Kier alpha value is -1.84. The van der Waals surface area contributed by atoms with Crippen molar-refractivity contribution in [3.05, 3.63) is 30.9 Å². The zero-order valence-electron chi connectivity index (χ0n) is 6.27. The van der Waals surface area contributed by atoms with E-state index in [1.165, 1.54) is 6.39 Å². The topological polar surface area (TPSA) is 64.9 Å². The third kappa shape index (κ3) is 1.03. The van der Waals surface area contributed by atoms with E-state index in [0.717, 1.165) is 5.56 Å². The number of nitrogens with zero attached hydrogens (tertiary/aromatic N) is 2. The van der Waals surface area contributed by atoms with Gasteiger partial charge in [-0.15, -0.1) is 0 Å². The smallest absolute Gasteiger partial charge is 0.181 e. The maximum Gasteiger partial charge on any atom is 0.181 e. The van der Waals surface area contributed by atoms with Gasteiger partial charge in [0.05, 0.1) is 11.8 Å². The zero-order valence-corrected chi connectivity index (χ0v) is 6.27. The maximum atomic E-state index is 5.61. The first-order valence-electron chi connectivity index (χ1n) is 3.47. The van der Waals surface area contributed by atoms with E-state index in [9.17, 15) is 0 Å². The highest BCUT2D eigenvalue weighted by atomic mass is 16.3. The van der Waals surface area contributed by atoms with Crippen LogP contribution >= 0.6 is 0 Å². The highest BCUT2D eigenvalue weighted by Crippen LogP contribution is 2.22. The summed E-state index contributed by atoms with van der Waals surface area (Å²) in [6, 6.07) is 3.64. The minimum absolute atomic E-state index is 0.453. The van der Waals surface area contributed by atoms with Gasteiger partial charge in [0.2, 0.25) is 0 Å². The number of nitrogens with two attached hydrogens (primary N) is 1. The van der Waals surface area contributed by atoms with Crippen LogP contribution < -0.4 is 5.73 Å². The van der Waals surface area contributed by atoms with Crippen LogP contribution in [-0.4, -0.2) is 9.97 Å².